The molecular weight excluding hydrogens is 274 g/mol. The maximum atomic E-state index is 5.20. The van der Waals surface area contributed by atoms with Gasteiger partial charge in [0.15, 0.2) is 0 Å². The molecule has 0 N–H and O–H groups in total. The Kier molecular flexibility index (Phi) is 9.10. The summed E-state index contributed by atoms with van der Waals surface area (Å²) in [6.07, 6.45) is 4.40. The van der Waals surface area contributed by atoms with Crippen LogP contribution in [0, 0.1) is 0 Å². The second kappa shape index (κ2) is 7.18. The Morgan fingerprint density at radius 1 is 1.50 bits per heavy atom. The molecule has 1 nitrogen and oxygen atoms in total. The van der Waals surface area contributed by atoms with Gasteiger partial charge in [0.1, 0.15) is 0 Å². The van der Waals surface area contributed by atoms with E-state index in [0.29, 0.717) is 0 Å². The molecule has 0 atom stereocenters. The van der Waals surface area contributed by atoms with Gasteiger partial charge in [0, 0.05) is 0 Å². The molecule has 1 rings (SSSR count). The first-order chi connectivity index (χ1) is 4.79. The van der Waals surface area contributed by atoms with E-state index < -0.39 is 0 Å². The number of hydrogen-bond acceptors (Lipinski definition) is 1. The zero-order valence-corrected chi connectivity index (χ0v) is 11.3. The second-order valence-corrected chi connectivity index (χ2v) is 3.77. The standard InChI is InChI=1S/C8H11O.2ClH.Zr/c1-3-7-5-4-6-8(7)9-2;;;/h6H,3-4H2,1-2H3;2*1H;. The van der Waals surface area contributed by atoms with E-state index in [4.69, 9.17) is 4.74 Å². The number of ether oxygens (including phenoxy) is 1. The Hall–Kier alpha value is 0.743. The van der Waals surface area contributed by atoms with Crippen LogP contribution in [-0.2, 0) is 29.5 Å². The van der Waals surface area contributed by atoms with Crippen LogP contribution in [-0.4, -0.2) is 7.11 Å². The summed E-state index contributed by atoms with van der Waals surface area (Å²) in [5, 5.41) is 0. The molecular formula is C8H13Cl2OZr. The Bertz CT molecular complexity index is 199. The molecule has 0 aromatic rings. The van der Waals surface area contributed by atoms with E-state index in [1.165, 1.54) is 30.3 Å². The maximum Gasteiger partial charge on any atom is -0.147 e. The first-order valence-electron chi connectivity index (χ1n) is 3.47. The molecule has 4 heteroatoms. The van der Waals surface area contributed by atoms with E-state index in [1.807, 2.05) is 0 Å². The van der Waals surface area contributed by atoms with Gasteiger partial charge in [0.2, 0.25) is 0 Å². The monoisotopic (exact) mass is 285 g/mol. The molecule has 0 saturated heterocycles. The predicted molar refractivity (Wildman–Crippen MR) is 51.5 cm³/mol. The molecule has 0 aromatic carbocycles. The van der Waals surface area contributed by atoms with Crippen molar-refractivity contribution in [3.63, 3.8) is 0 Å². The molecule has 0 aliphatic heterocycles. The summed E-state index contributed by atoms with van der Waals surface area (Å²) >= 11 is 1.53. The fourth-order valence-corrected chi connectivity index (χ4v) is 2.17. The van der Waals surface area contributed by atoms with Gasteiger partial charge < -0.3 is 0 Å². The summed E-state index contributed by atoms with van der Waals surface area (Å²) in [7, 11) is 1.75. The van der Waals surface area contributed by atoms with Gasteiger partial charge in [-0.2, -0.15) is 0 Å². The summed E-state index contributed by atoms with van der Waals surface area (Å²) in [5.74, 6) is 1.11. The van der Waals surface area contributed by atoms with E-state index in [1.54, 1.807) is 10.4 Å². The van der Waals surface area contributed by atoms with E-state index in [-0.39, 0.29) is 24.8 Å². The smallest absolute Gasteiger partial charge is 0.147 e. The van der Waals surface area contributed by atoms with Crippen LogP contribution in [0.25, 0.3) is 0 Å². The van der Waals surface area contributed by atoms with Gasteiger partial charge in [-0.05, 0) is 0 Å². The molecule has 12 heavy (non-hydrogen) atoms. The van der Waals surface area contributed by atoms with Crippen LogP contribution in [0.3, 0.4) is 0 Å². The van der Waals surface area contributed by atoms with Crippen LogP contribution < -0.4 is 0 Å². The largest absolute Gasteiger partial charge is 0.147 e. The van der Waals surface area contributed by atoms with Gasteiger partial charge in [-0.15, -0.1) is 24.8 Å². The molecule has 0 spiro atoms. The van der Waals surface area contributed by atoms with Gasteiger partial charge in [-0.3, -0.25) is 0 Å². The predicted octanol–water partition coefficient (Wildman–Crippen LogP) is 2.97. The molecule has 0 radical (unpaired) electrons. The van der Waals surface area contributed by atoms with Crippen LogP contribution >= 0.6 is 24.8 Å². The molecule has 0 fully saturated rings. The van der Waals surface area contributed by atoms with Crippen molar-refractivity contribution in [2.75, 3.05) is 7.11 Å². The summed E-state index contributed by atoms with van der Waals surface area (Å²) in [5.41, 5.74) is 1.43. The van der Waals surface area contributed by atoms with E-state index in [0.717, 1.165) is 18.6 Å². The average Bonchev–Trinajstić information content (AvgIpc) is 2.30. The Morgan fingerprint density at radius 3 is 2.42 bits per heavy atom. The van der Waals surface area contributed by atoms with E-state index in [9.17, 15) is 0 Å². The van der Waals surface area contributed by atoms with E-state index in [2.05, 4.69) is 13.0 Å². The van der Waals surface area contributed by atoms with E-state index >= 15 is 0 Å². The minimum absolute atomic E-state index is 0. The number of methoxy groups -OCH3 is 1. The third-order valence-electron chi connectivity index (χ3n) is 1.73. The molecule has 0 saturated carbocycles. The van der Waals surface area contributed by atoms with Crippen LogP contribution in [0.2, 0.25) is 0 Å². The fourth-order valence-electron chi connectivity index (χ4n) is 1.18. The summed E-state index contributed by atoms with van der Waals surface area (Å²) in [6.45, 7) is 2.18. The molecule has 0 amide bonds. The zero-order chi connectivity index (χ0) is 7.56. The van der Waals surface area contributed by atoms with Crippen LogP contribution in [0.1, 0.15) is 19.8 Å². The first kappa shape index (κ1) is 15.2. The van der Waals surface area contributed by atoms with Crippen molar-refractivity contribution in [3.05, 3.63) is 20.7 Å². The quantitative estimate of drug-likeness (QED) is 0.758. The number of hydrogen-bond donors (Lipinski definition) is 0. The fraction of sp³-hybridized carbons (Fsp3) is 0.500. The molecule has 0 unspecified atom stereocenters. The van der Waals surface area contributed by atoms with Gasteiger partial charge in [0.25, 0.3) is 0 Å². The normalized spacial score (nSPS) is 14.6. The van der Waals surface area contributed by atoms with Crippen LogP contribution in [0.15, 0.2) is 20.7 Å². The van der Waals surface area contributed by atoms with Gasteiger partial charge in [-0.25, -0.2) is 0 Å². The topological polar surface area (TPSA) is 9.23 Å². The van der Waals surface area contributed by atoms with Crippen LogP contribution in [0.5, 0.6) is 0 Å². The molecule has 1 aliphatic rings. The average molecular weight is 287 g/mol. The van der Waals surface area contributed by atoms with Crippen molar-refractivity contribution in [2.24, 2.45) is 0 Å². The van der Waals surface area contributed by atoms with Crippen molar-refractivity contribution in [1.29, 1.82) is 0 Å². The summed E-state index contributed by atoms with van der Waals surface area (Å²) in [4.78, 5) is 0. The third-order valence-corrected chi connectivity index (χ3v) is 2.97. The maximum absolute atomic E-state index is 5.20. The minimum Gasteiger partial charge on any atom is -0.147 e. The Balaban J connectivity index is 0. The molecule has 0 heterocycles. The van der Waals surface area contributed by atoms with Crippen LogP contribution in [0.4, 0.5) is 0 Å². The summed E-state index contributed by atoms with van der Waals surface area (Å²) in [6, 6.07) is 0. The molecule has 0 aromatic heterocycles. The van der Waals surface area contributed by atoms with Crippen molar-refractivity contribution < 1.29 is 29.5 Å². The van der Waals surface area contributed by atoms with Gasteiger partial charge >= 0.3 is 77.0 Å². The van der Waals surface area contributed by atoms with Crippen molar-refractivity contribution in [3.8, 4) is 0 Å². The molecule has 69 valence electrons. The van der Waals surface area contributed by atoms with Crippen molar-refractivity contribution in [2.45, 2.75) is 19.8 Å². The first-order valence-corrected chi connectivity index (χ1v) is 4.70. The Morgan fingerprint density at radius 2 is 2.08 bits per heavy atom. The second-order valence-electron chi connectivity index (χ2n) is 2.29. The van der Waals surface area contributed by atoms with Gasteiger partial charge in [-0.1, -0.05) is 0 Å². The number of rotatable bonds is 2. The SMILES string of the molecule is CCC1=[C]([Zr])CC=C1OC.Cl.Cl. The molecule has 1 aliphatic carbocycles. The van der Waals surface area contributed by atoms with Crippen molar-refractivity contribution >= 4 is 24.8 Å². The summed E-state index contributed by atoms with van der Waals surface area (Å²) < 4.78 is 6.75. The van der Waals surface area contributed by atoms with Crippen molar-refractivity contribution in [1.82, 2.24) is 0 Å². The molecule has 0 bridgehead atoms. The third kappa shape index (κ3) is 3.24. The zero-order valence-electron chi connectivity index (χ0n) is 7.22. The Labute approximate surface area is 101 Å². The van der Waals surface area contributed by atoms with Gasteiger partial charge in [0.05, 0.1) is 0 Å². The minimum atomic E-state index is 0. The number of allylic oxidation sites excluding steroid dienone is 3. The number of halogens is 2.